The maximum absolute atomic E-state index is 11.6. The van der Waals surface area contributed by atoms with Gasteiger partial charge in [0.15, 0.2) is 0 Å². The van der Waals surface area contributed by atoms with E-state index in [9.17, 15) is 9.59 Å². The van der Waals surface area contributed by atoms with E-state index in [1.54, 1.807) is 0 Å². The minimum Gasteiger partial charge on any atom is -0.480 e. The van der Waals surface area contributed by atoms with Crippen molar-refractivity contribution in [3.63, 3.8) is 0 Å². The molecule has 0 unspecified atom stereocenters. The summed E-state index contributed by atoms with van der Waals surface area (Å²) < 4.78 is 0. The third-order valence-electron chi connectivity index (χ3n) is 3.28. The molecule has 0 rings (SSSR count). The first-order chi connectivity index (χ1) is 9.54. The van der Waals surface area contributed by atoms with E-state index in [0.29, 0.717) is 13.0 Å². The van der Waals surface area contributed by atoms with Gasteiger partial charge in [-0.1, -0.05) is 33.6 Å². The van der Waals surface area contributed by atoms with Crippen molar-refractivity contribution < 1.29 is 14.7 Å². The van der Waals surface area contributed by atoms with Gasteiger partial charge in [0.25, 0.3) is 0 Å². The van der Waals surface area contributed by atoms with Crippen molar-refractivity contribution in [3.8, 4) is 0 Å². The van der Waals surface area contributed by atoms with Gasteiger partial charge in [-0.25, -0.2) is 9.59 Å². The molecule has 0 bridgehead atoms. The van der Waals surface area contributed by atoms with Crippen LogP contribution in [0.3, 0.4) is 0 Å². The predicted molar refractivity (Wildman–Crippen MR) is 79.9 cm³/mol. The Kier molecular flexibility index (Phi) is 10.8. The van der Waals surface area contributed by atoms with Crippen molar-refractivity contribution in [3.05, 3.63) is 0 Å². The minimum atomic E-state index is -0.975. The highest BCUT2D eigenvalue weighted by Crippen LogP contribution is 2.00. The van der Waals surface area contributed by atoms with E-state index in [1.165, 1.54) is 0 Å². The Labute approximate surface area is 121 Å². The quantitative estimate of drug-likeness (QED) is 0.505. The summed E-state index contributed by atoms with van der Waals surface area (Å²) in [7, 11) is 0. The van der Waals surface area contributed by atoms with Crippen molar-refractivity contribution in [2.24, 2.45) is 0 Å². The van der Waals surface area contributed by atoms with E-state index < -0.39 is 18.0 Å². The molecular formula is C14H29N3O3. The number of carbonyl (C=O) groups excluding carboxylic acids is 1. The molecule has 2 amide bonds. The van der Waals surface area contributed by atoms with Gasteiger partial charge in [0.05, 0.1) is 0 Å². The molecule has 0 radical (unpaired) electrons. The molecule has 0 aliphatic carbocycles. The molecule has 6 heteroatoms. The molecular weight excluding hydrogens is 258 g/mol. The highest BCUT2D eigenvalue weighted by atomic mass is 16.4. The maximum atomic E-state index is 11.6. The normalized spacial score (nSPS) is 12.2. The highest BCUT2D eigenvalue weighted by Gasteiger charge is 2.18. The Morgan fingerprint density at radius 2 is 1.80 bits per heavy atom. The Hall–Kier alpha value is -1.30. The molecule has 0 saturated carbocycles. The van der Waals surface area contributed by atoms with Crippen LogP contribution in [0.2, 0.25) is 0 Å². The van der Waals surface area contributed by atoms with Gasteiger partial charge in [-0.3, -0.25) is 0 Å². The smallest absolute Gasteiger partial charge is 0.326 e. The van der Waals surface area contributed by atoms with Crippen LogP contribution in [0.25, 0.3) is 0 Å². The zero-order valence-corrected chi connectivity index (χ0v) is 12.9. The Morgan fingerprint density at radius 3 is 2.30 bits per heavy atom. The number of carboxylic acid groups (broad SMARTS) is 1. The zero-order valence-electron chi connectivity index (χ0n) is 12.9. The minimum absolute atomic E-state index is 0.395. The zero-order chi connectivity index (χ0) is 15.4. The van der Waals surface area contributed by atoms with Crippen LogP contribution in [0, 0.1) is 0 Å². The van der Waals surface area contributed by atoms with E-state index in [4.69, 9.17) is 5.11 Å². The molecule has 118 valence electrons. The Balaban J connectivity index is 3.87. The lowest BCUT2D eigenvalue weighted by Crippen LogP contribution is -2.46. The summed E-state index contributed by atoms with van der Waals surface area (Å²) >= 11 is 0. The topological polar surface area (TPSA) is 81.7 Å². The van der Waals surface area contributed by atoms with Crippen molar-refractivity contribution in [1.82, 2.24) is 15.5 Å². The van der Waals surface area contributed by atoms with Gasteiger partial charge >= 0.3 is 12.0 Å². The molecule has 0 aromatic heterocycles. The standard InChI is InChI=1S/C14H29N3O3/c1-4-7-9-12(13(18)19)16-14(20)15-10-8-11-17(5-2)6-3/h12H,4-11H2,1-3H3,(H,18,19)(H2,15,16,20)/t12-/m0/s1. The molecule has 20 heavy (non-hydrogen) atoms. The molecule has 0 aliphatic rings. The van der Waals surface area contributed by atoms with Crippen molar-refractivity contribution >= 4 is 12.0 Å². The number of nitrogens with zero attached hydrogens (tertiary/aromatic N) is 1. The summed E-state index contributed by atoms with van der Waals surface area (Å²) in [6.07, 6.45) is 3.04. The van der Waals surface area contributed by atoms with E-state index in [0.717, 1.165) is 38.9 Å². The van der Waals surface area contributed by atoms with Gasteiger partial charge in [0.2, 0.25) is 0 Å². The third-order valence-corrected chi connectivity index (χ3v) is 3.28. The first-order valence-electron chi connectivity index (χ1n) is 7.54. The van der Waals surface area contributed by atoms with Gasteiger partial charge in [0.1, 0.15) is 6.04 Å². The molecule has 0 saturated heterocycles. The average Bonchev–Trinajstić information content (AvgIpc) is 2.43. The first kappa shape index (κ1) is 18.7. The molecule has 0 spiro atoms. The van der Waals surface area contributed by atoms with Crippen LogP contribution in [0.15, 0.2) is 0 Å². The van der Waals surface area contributed by atoms with Crippen LogP contribution in [0.1, 0.15) is 46.5 Å². The second kappa shape index (κ2) is 11.5. The summed E-state index contributed by atoms with van der Waals surface area (Å²) in [5, 5.41) is 14.2. The monoisotopic (exact) mass is 287 g/mol. The summed E-state index contributed by atoms with van der Waals surface area (Å²) in [6.45, 7) is 9.70. The Bertz CT molecular complexity index is 281. The second-order valence-corrected chi connectivity index (χ2v) is 4.81. The summed E-state index contributed by atoms with van der Waals surface area (Å²) in [4.78, 5) is 24.9. The molecule has 0 fully saturated rings. The van der Waals surface area contributed by atoms with Gasteiger partial charge in [-0.15, -0.1) is 0 Å². The Morgan fingerprint density at radius 1 is 1.15 bits per heavy atom. The fourth-order valence-corrected chi connectivity index (χ4v) is 1.92. The lowest BCUT2D eigenvalue weighted by molar-refractivity contribution is -0.139. The number of nitrogens with one attached hydrogen (secondary N) is 2. The predicted octanol–water partition coefficient (Wildman–Crippen LogP) is 1.66. The third kappa shape index (κ3) is 8.74. The number of amides is 2. The summed E-state index contributed by atoms with van der Waals surface area (Å²) in [5.74, 6) is -0.975. The van der Waals surface area contributed by atoms with Crippen LogP contribution in [-0.2, 0) is 4.79 Å². The molecule has 0 heterocycles. The largest absolute Gasteiger partial charge is 0.480 e. The molecule has 6 nitrogen and oxygen atoms in total. The number of urea groups is 1. The molecule has 0 aromatic carbocycles. The number of hydrogen-bond acceptors (Lipinski definition) is 3. The van der Waals surface area contributed by atoms with Crippen LogP contribution in [0.4, 0.5) is 4.79 Å². The molecule has 0 aliphatic heterocycles. The lowest BCUT2D eigenvalue weighted by atomic mass is 10.1. The number of unbranched alkanes of at least 4 members (excludes halogenated alkanes) is 1. The van der Waals surface area contributed by atoms with Crippen LogP contribution >= 0.6 is 0 Å². The van der Waals surface area contributed by atoms with Crippen molar-refractivity contribution in [2.75, 3.05) is 26.2 Å². The van der Waals surface area contributed by atoms with Crippen LogP contribution in [0.5, 0.6) is 0 Å². The maximum Gasteiger partial charge on any atom is 0.326 e. The fourth-order valence-electron chi connectivity index (χ4n) is 1.92. The number of carbonyl (C=O) groups is 2. The number of aliphatic carboxylic acids is 1. The van der Waals surface area contributed by atoms with E-state index >= 15 is 0 Å². The van der Waals surface area contributed by atoms with E-state index in [1.807, 2.05) is 6.92 Å². The van der Waals surface area contributed by atoms with Crippen LogP contribution in [-0.4, -0.2) is 54.2 Å². The van der Waals surface area contributed by atoms with E-state index in [-0.39, 0.29) is 0 Å². The van der Waals surface area contributed by atoms with Crippen molar-refractivity contribution in [1.29, 1.82) is 0 Å². The number of hydrogen-bond donors (Lipinski definition) is 3. The van der Waals surface area contributed by atoms with E-state index in [2.05, 4.69) is 29.4 Å². The highest BCUT2D eigenvalue weighted by molar-refractivity contribution is 5.82. The average molecular weight is 287 g/mol. The first-order valence-corrected chi connectivity index (χ1v) is 7.54. The van der Waals surface area contributed by atoms with Gasteiger partial charge < -0.3 is 20.6 Å². The second-order valence-electron chi connectivity index (χ2n) is 4.81. The number of carboxylic acids is 1. The lowest BCUT2D eigenvalue weighted by Gasteiger charge is -2.18. The summed E-state index contributed by atoms with van der Waals surface area (Å²) in [6, 6.07) is -1.19. The van der Waals surface area contributed by atoms with Crippen molar-refractivity contribution in [2.45, 2.75) is 52.5 Å². The SMILES string of the molecule is CCCC[C@H](NC(=O)NCCCN(CC)CC)C(=O)O. The van der Waals surface area contributed by atoms with Gasteiger partial charge in [-0.2, -0.15) is 0 Å². The van der Waals surface area contributed by atoms with Gasteiger partial charge in [-0.05, 0) is 32.5 Å². The molecule has 0 aromatic rings. The molecule has 3 N–H and O–H groups in total. The fraction of sp³-hybridized carbons (Fsp3) is 0.857. The number of rotatable bonds is 11. The summed E-state index contributed by atoms with van der Waals surface area (Å²) in [5.41, 5.74) is 0. The molecule has 1 atom stereocenters. The van der Waals surface area contributed by atoms with Crippen LogP contribution < -0.4 is 10.6 Å². The van der Waals surface area contributed by atoms with Gasteiger partial charge in [0, 0.05) is 6.54 Å².